The van der Waals surface area contributed by atoms with E-state index in [0.717, 1.165) is 11.5 Å². The summed E-state index contributed by atoms with van der Waals surface area (Å²) in [6.07, 6.45) is 8.05. The lowest BCUT2D eigenvalue weighted by Gasteiger charge is -2.28. The summed E-state index contributed by atoms with van der Waals surface area (Å²) in [7, 11) is 0. The van der Waals surface area contributed by atoms with Crippen LogP contribution in [0.15, 0.2) is 23.5 Å². The van der Waals surface area contributed by atoms with Gasteiger partial charge in [-0.15, -0.1) is 0 Å². The number of hydrogen-bond donors (Lipinski definition) is 3. The summed E-state index contributed by atoms with van der Waals surface area (Å²) in [4.78, 5) is 4.18. The van der Waals surface area contributed by atoms with Crippen LogP contribution in [0.3, 0.4) is 0 Å². The molecule has 2 rings (SSSR count). The van der Waals surface area contributed by atoms with E-state index in [1.165, 1.54) is 32.1 Å². The second kappa shape index (κ2) is 7.24. The minimum absolute atomic E-state index is 0.0668. The number of aromatic nitrogens is 1. The summed E-state index contributed by atoms with van der Waals surface area (Å²) in [6.45, 7) is 2.98. The molecule has 0 saturated heterocycles. The fourth-order valence-electron chi connectivity index (χ4n) is 2.89. The molecule has 0 bridgehead atoms. The smallest absolute Gasteiger partial charge is 0.189 e. The van der Waals surface area contributed by atoms with Crippen molar-refractivity contribution in [1.29, 1.82) is 0 Å². The topological polar surface area (TPSA) is 83.5 Å². The van der Waals surface area contributed by atoms with Gasteiger partial charge in [-0.1, -0.05) is 24.6 Å². The predicted octanol–water partition coefficient (Wildman–Crippen LogP) is 2.23. The van der Waals surface area contributed by atoms with Gasteiger partial charge in [-0.3, -0.25) is 4.98 Å². The van der Waals surface area contributed by atoms with E-state index >= 15 is 0 Å². The van der Waals surface area contributed by atoms with Gasteiger partial charge in [-0.2, -0.15) is 0 Å². The van der Waals surface area contributed by atoms with Gasteiger partial charge in [0, 0.05) is 18.8 Å². The Morgan fingerprint density at radius 2 is 2.20 bits per heavy atom. The highest BCUT2D eigenvalue weighted by atomic mass is 16.4. The van der Waals surface area contributed by atoms with Crippen molar-refractivity contribution >= 4 is 5.84 Å². The first-order valence-corrected chi connectivity index (χ1v) is 7.39. The fourth-order valence-corrected chi connectivity index (χ4v) is 2.89. The SMILES string of the molecule is CCC1CCC(NCc2cccnc2C(N)=NO)CC1. The van der Waals surface area contributed by atoms with Gasteiger partial charge in [0.15, 0.2) is 5.84 Å². The summed E-state index contributed by atoms with van der Waals surface area (Å²) in [5.41, 5.74) is 7.18. The molecule has 1 saturated carbocycles. The average molecular weight is 276 g/mol. The summed E-state index contributed by atoms with van der Waals surface area (Å²) in [6, 6.07) is 4.41. The van der Waals surface area contributed by atoms with Crippen molar-refractivity contribution in [1.82, 2.24) is 10.3 Å². The van der Waals surface area contributed by atoms with Crippen LogP contribution in [0.4, 0.5) is 0 Å². The molecule has 1 aromatic rings. The highest BCUT2D eigenvalue weighted by molar-refractivity contribution is 5.96. The Bertz CT molecular complexity index is 453. The molecule has 4 N–H and O–H groups in total. The molecule has 0 atom stereocenters. The summed E-state index contributed by atoms with van der Waals surface area (Å²) in [5, 5.41) is 15.4. The molecular formula is C15H24N4O. The lowest BCUT2D eigenvalue weighted by molar-refractivity contribution is 0.285. The van der Waals surface area contributed by atoms with Crippen LogP contribution in [0.5, 0.6) is 0 Å². The molecular weight excluding hydrogens is 252 g/mol. The molecule has 1 aliphatic carbocycles. The van der Waals surface area contributed by atoms with Crippen LogP contribution in [0.2, 0.25) is 0 Å². The molecule has 1 heterocycles. The van der Waals surface area contributed by atoms with Crippen molar-refractivity contribution in [2.45, 2.75) is 51.6 Å². The van der Waals surface area contributed by atoms with E-state index in [2.05, 4.69) is 22.4 Å². The van der Waals surface area contributed by atoms with Gasteiger partial charge < -0.3 is 16.3 Å². The Balaban J connectivity index is 1.92. The maximum absolute atomic E-state index is 8.79. The number of rotatable bonds is 5. The molecule has 1 aliphatic rings. The van der Waals surface area contributed by atoms with Crippen molar-refractivity contribution in [2.75, 3.05) is 0 Å². The first-order valence-electron chi connectivity index (χ1n) is 7.39. The molecule has 1 aromatic heterocycles. The van der Waals surface area contributed by atoms with Crippen LogP contribution in [-0.2, 0) is 6.54 Å². The Kier molecular flexibility index (Phi) is 5.35. The van der Waals surface area contributed by atoms with Crippen molar-refractivity contribution < 1.29 is 5.21 Å². The van der Waals surface area contributed by atoms with Crippen molar-refractivity contribution in [3.05, 3.63) is 29.6 Å². The van der Waals surface area contributed by atoms with Crippen molar-refractivity contribution in [2.24, 2.45) is 16.8 Å². The maximum Gasteiger partial charge on any atom is 0.189 e. The first kappa shape index (κ1) is 14.8. The first-order chi connectivity index (χ1) is 9.74. The minimum Gasteiger partial charge on any atom is -0.409 e. The lowest BCUT2D eigenvalue weighted by Crippen LogP contribution is -2.33. The van der Waals surface area contributed by atoms with Gasteiger partial charge in [0.1, 0.15) is 5.69 Å². The van der Waals surface area contributed by atoms with E-state index in [4.69, 9.17) is 10.9 Å². The van der Waals surface area contributed by atoms with Gasteiger partial charge in [0.05, 0.1) is 0 Å². The van der Waals surface area contributed by atoms with E-state index < -0.39 is 0 Å². The largest absolute Gasteiger partial charge is 0.409 e. The Morgan fingerprint density at radius 3 is 2.85 bits per heavy atom. The number of nitrogens with one attached hydrogen (secondary N) is 1. The second-order valence-corrected chi connectivity index (χ2v) is 5.50. The molecule has 0 aliphatic heterocycles. The van der Waals surface area contributed by atoms with Crippen LogP contribution in [0.25, 0.3) is 0 Å². The molecule has 1 fully saturated rings. The average Bonchev–Trinajstić information content (AvgIpc) is 2.53. The molecule has 0 aromatic carbocycles. The van der Waals surface area contributed by atoms with E-state index in [1.54, 1.807) is 6.20 Å². The summed E-state index contributed by atoms with van der Waals surface area (Å²) < 4.78 is 0. The van der Waals surface area contributed by atoms with E-state index in [-0.39, 0.29) is 5.84 Å². The molecule has 5 heteroatoms. The van der Waals surface area contributed by atoms with Crippen LogP contribution < -0.4 is 11.1 Å². The predicted molar refractivity (Wildman–Crippen MR) is 79.6 cm³/mol. The third-order valence-corrected chi connectivity index (χ3v) is 4.25. The Hall–Kier alpha value is -1.62. The third kappa shape index (κ3) is 3.70. The molecule has 110 valence electrons. The van der Waals surface area contributed by atoms with Gasteiger partial charge in [-0.05, 0) is 43.2 Å². The molecule has 5 nitrogen and oxygen atoms in total. The van der Waals surface area contributed by atoms with Gasteiger partial charge in [-0.25, -0.2) is 0 Å². The number of nitrogens with zero attached hydrogens (tertiary/aromatic N) is 2. The van der Waals surface area contributed by atoms with E-state index in [1.807, 2.05) is 12.1 Å². The normalized spacial score (nSPS) is 23.8. The zero-order valence-corrected chi connectivity index (χ0v) is 12.0. The summed E-state index contributed by atoms with van der Waals surface area (Å²) in [5.74, 6) is 0.969. The lowest BCUT2D eigenvalue weighted by atomic mass is 9.84. The number of nitrogens with two attached hydrogens (primary N) is 1. The molecule has 20 heavy (non-hydrogen) atoms. The highest BCUT2D eigenvalue weighted by Crippen LogP contribution is 2.26. The van der Waals surface area contributed by atoms with Crippen LogP contribution >= 0.6 is 0 Å². The molecule has 0 amide bonds. The quantitative estimate of drug-likeness (QED) is 0.333. The van der Waals surface area contributed by atoms with Crippen LogP contribution in [0, 0.1) is 5.92 Å². The van der Waals surface area contributed by atoms with Crippen molar-refractivity contribution in [3.8, 4) is 0 Å². The summed E-state index contributed by atoms with van der Waals surface area (Å²) >= 11 is 0. The highest BCUT2D eigenvalue weighted by Gasteiger charge is 2.19. The zero-order valence-electron chi connectivity index (χ0n) is 12.0. The number of hydrogen-bond acceptors (Lipinski definition) is 4. The number of amidine groups is 1. The monoisotopic (exact) mass is 276 g/mol. The van der Waals surface area contributed by atoms with E-state index in [9.17, 15) is 0 Å². The third-order valence-electron chi connectivity index (χ3n) is 4.25. The fraction of sp³-hybridized carbons (Fsp3) is 0.600. The minimum atomic E-state index is 0.0668. The van der Waals surface area contributed by atoms with Gasteiger partial charge >= 0.3 is 0 Å². The van der Waals surface area contributed by atoms with Gasteiger partial charge in [0.2, 0.25) is 0 Å². The van der Waals surface area contributed by atoms with Crippen molar-refractivity contribution in [3.63, 3.8) is 0 Å². The Labute approximate surface area is 120 Å². The van der Waals surface area contributed by atoms with Gasteiger partial charge in [0.25, 0.3) is 0 Å². The second-order valence-electron chi connectivity index (χ2n) is 5.50. The molecule has 0 spiro atoms. The zero-order chi connectivity index (χ0) is 14.4. The standard InChI is InChI=1S/C15H24N4O/c1-2-11-5-7-13(8-6-11)18-10-12-4-3-9-17-14(12)15(16)19-20/h3-4,9,11,13,18,20H,2,5-8,10H2,1H3,(H2,16,19). The van der Waals surface area contributed by atoms with Crippen LogP contribution in [0.1, 0.15) is 50.3 Å². The van der Waals surface area contributed by atoms with Crippen LogP contribution in [-0.4, -0.2) is 22.1 Å². The number of pyridine rings is 1. The maximum atomic E-state index is 8.79. The Morgan fingerprint density at radius 1 is 1.45 bits per heavy atom. The number of oxime groups is 1. The van der Waals surface area contributed by atoms with E-state index in [0.29, 0.717) is 18.3 Å². The molecule has 0 radical (unpaired) electrons. The molecule has 0 unspecified atom stereocenters.